The van der Waals surface area contributed by atoms with Gasteiger partial charge < -0.3 is 21.7 Å². The molecule has 0 saturated carbocycles. The molecule has 45 heavy (non-hydrogen) atoms. The Morgan fingerprint density at radius 2 is 1.07 bits per heavy atom. The summed E-state index contributed by atoms with van der Waals surface area (Å²) in [4.78, 5) is 23.9. The molecule has 0 aliphatic carbocycles. The molecule has 244 valence electrons. The molecular weight excluding hydrogens is 619 g/mol. The topological polar surface area (TPSA) is 96.2 Å². The Balaban J connectivity index is 2.03. The van der Waals surface area contributed by atoms with Crippen LogP contribution in [0.3, 0.4) is 0 Å². The van der Waals surface area contributed by atoms with Gasteiger partial charge in [-0.1, -0.05) is 38.1 Å². The molecule has 0 aliphatic heterocycles. The van der Waals surface area contributed by atoms with Crippen LogP contribution in [0.15, 0.2) is 48.5 Å². The molecule has 5 N–H and O–H groups in total. The van der Waals surface area contributed by atoms with E-state index in [0.717, 1.165) is 24.3 Å². The van der Waals surface area contributed by atoms with Gasteiger partial charge in [0.2, 0.25) is 5.41 Å². The standard InChI is InChI=1S/C30H29F9N4O2/c1-14(2)22-15(3)23(28(31,32)33)17(5)24(16(22)4)43-26(45)42-21-12-8-19(9-13-21)27(29(34,35)36,30(37,38)39)18-6-10-20(11-7-18)41-25(40)44/h6-14H,1-5H3,(H3,40,41,44)(H2,42,43,45). The fourth-order valence-corrected chi connectivity index (χ4v) is 5.72. The van der Waals surface area contributed by atoms with E-state index >= 15 is 0 Å². The second-order valence-electron chi connectivity index (χ2n) is 10.7. The number of primary amides is 1. The number of alkyl halides is 9. The summed E-state index contributed by atoms with van der Waals surface area (Å²) in [6.07, 6.45) is -16.5. The average molecular weight is 649 g/mol. The van der Waals surface area contributed by atoms with Gasteiger partial charge in [0.1, 0.15) is 0 Å². The predicted molar refractivity (Wildman–Crippen MR) is 151 cm³/mol. The number of halogens is 9. The van der Waals surface area contributed by atoms with E-state index in [9.17, 15) is 49.1 Å². The first-order chi connectivity index (χ1) is 20.5. The minimum absolute atomic E-state index is 0.00521. The molecule has 0 aliphatic rings. The monoisotopic (exact) mass is 648 g/mol. The largest absolute Gasteiger partial charge is 0.417 e. The van der Waals surface area contributed by atoms with Crippen LogP contribution in [0.1, 0.15) is 58.7 Å². The Morgan fingerprint density at radius 3 is 1.42 bits per heavy atom. The van der Waals surface area contributed by atoms with Gasteiger partial charge in [-0.15, -0.1) is 0 Å². The van der Waals surface area contributed by atoms with Gasteiger partial charge in [-0.05, 0) is 84.3 Å². The van der Waals surface area contributed by atoms with Gasteiger partial charge in [-0.3, -0.25) is 0 Å². The van der Waals surface area contributed by atoms with E-state index in [1.165, 1.54) is 20.8 Å². The van der Waals surface area contributed by atoms with Crippen LogP contribution in [0, 0.1) is 20.8 Å². The summed E-state index contributed by atoms with van der Waals surface area (Å²) in [7, 11) is 0. The van der Waals surface area contributed by atoms with Crippen LogP contribution in [-0.2, 0) is 11.6 Å². The maximum Gasteiger partial charge on any atom is 0.417 e. The van der Waals surface area contributed by atoms with E-state index in [1.807, 2.05) is 5.32 Å². The number of rotatable bonds is 6. The third-order valence-corrected chi connectivity index (χ3v) is 7.42. The number of nitrogens with two attached hydrogens (primary N) is 1. The van der Waals surface area contributed by atoms with Crippen LogP contribution >= 0.6 is 0 Å². The maximum absolute atomic E-state index is 14.4. The second kappa shape index (κ2) is 12.2. The van der Waals surface area contributed by atoms with Gasteiger partial charge >= 0.3 is 30.6 Å². The smallest absolute Gasteiger partial charge is 0.351 e. The van der Waals surface area contributed by atoms with E-state index in [2.05, 4.69) is 10.6 Å². The number of anilines is 3. The van der Waals surface area contributed by atoms with Crippen LogP contribution in [0.4, 0.5) is 66.2 Å². The highest BCUT2D eigenvalue weighted by Gasteiger charge is 2.72. The lowest BCUT2D eigenvalue weighted by Gasteiger charge is -2.38. The van der Waals surface area contributed by atoms with Crippen molar-refractivity contribution in [2.45, 2.75) is 64.5 Å². The van der Waals surface area contributed by atoms with Crippen molar-refractivity contribution in [3.63, 3.8) is 0 Å². The van der Waals surface area contributed by atoms with Crippen molar-refractivity contribution in [2.75, 3.05) is 16.0 Å². The molecule has 0 fully saturated rings. The number of amides is 4. The molecule has 3 aromatic rings. The van der Waals surface area contributed by atoms with E-state index in [0.29, 0.717) is 35.4 Å². The molecule has 0 spiro atoms. The number of urea groups is 2. The van der Waals surface area contributed by atoms with Crippen molar-refractivity contribution in [3.8, 4) is 0 Å². The molecule has 0 radical (unpaired) electrons. The quantitative estimate of drug-likeness (QED) is 0.201. The summed E-state index contributed by atoms with van der Waals surface area (Å²) >= 11 is 0. The van der Waals surface area contributed by atoms with Crippen LogP contribution in [0.2, 0.25) is 0 Å². The third kappa shape index (κ3) is 6.66. The van der Waals surface area contributed by atoms with Crippen molar-refractivity contribution in [2.24, 2.45) is 5.73 Å². The molecule has 0 bridgehead atoms. The van der Waals surface area contributed by atoms with Gasteiger partial charge in [0.15, 0.2) is 0 Å². The summed E-state index contributed by atoms with van der Waals surface area (Å²) in [5, 5.41) is 6.64. The van der Waals surface area contributed by atoms with Crippen molar-refractivity contribution in [1.82, 2.24) is 0 Å². The predicted octanol–water partition coefficient (Wildman–Crippen LogP) is 9.30. The van der Waals surface area contributed by atoms with Gasteiger partial charge in [0, 0.05) is 17.1 Å². The van der Waals surface area contributed by atoms with Crippen LogP contribution in [0.5, 0.6) is 0 Å². The lowest BCUT2D eigenvalue weighted by Crippen LogP contribution is -2.54. The first-order valence-corrected chi connectivity index (χ1v) is 13.2. The van der Waals surface area contributed by atoms with E-state index in [1.54, 1.807) is 13.8 Å². The minimum atomic E-state index is -5.90. The zero-order valence-corrected chi connectivity index (χ0v) is 24.5. The van der Waals surface area contributed by atoms with Gasteiger partial charge in [-0.25, -0.2) is 9.59 Å². The molecule has 0 saturated heterocycles. The summed E-state index contributed by atoms with van der Waals surface area (Å²) < 4.78 is 128. The first-order valence-electron chi connectivity index (χ1n) is 13.2. The molecule has 4 amide bonds. The summed E-state index contributed by atoms with van der Waals surface area (Å²) in [6.45, 7) is 7.42. The van der Waals surface area contributed by atoms with Crippen LogP contribution in [0.25, 0.3) is 0 Å². The number of carbonyl (C=O) groups is 2. The highest BCUT2D eigenvalue weighted by molar-refractivity contribution is 6.01. The highest BCUT2D eigenvalue weighted by atomic mass is 19.4. The van der Waals surface area contributed by atoms with E-state index in [-0.39, 0.29) is 34.1 Å². The van der Waals surface area contributed by atoms with Crippen molar-refractivity contribution in [1.29, 1.82) is 0 Å². The molecule has 6 nitrogen and oxygen atoms in total. The Bertz CT molecular complexity index is 1560. The van der Waals surface area contributed by atoms with Crippen LogP contribution < -0.4 is 21.7 Å². The van der Waals surface area contributed by atoms with Gasteiger partial charge in [0.25, 0.3) is 0 Å². The molecule has 15 heteroatoms. The van der Waals surface area contributed by atoms with E-state index in [4.69, 9.17) is 5.73 Å². The number of hydrogen-bond acceptors (Lipinski definition) is 2. The summed E-state index contributed by atoms with van der Waals surface area (Å²) in [5.41, 5.74) is -2.96. The Labute approximate surface area is 252 Å². The molecule has 3 aromatic carbocycles. The molecule has 0 heterocycles. The zero-order chi connectivity index (χ0) is 34.3. The Morgan fingerprint density at radius 1 is 0.644 bits per heavy atom. The second-order valence-corrected chi connectivity index (χ2v) is 10.7. The Hall–Kier alpha value is -4.43. The molecule has 0 aromatic heterocycles. The minimum Gasteiger partial charge on any atom is -0.351 e. The number of benzene rings is 3. The first kappa shape index (κ1) is 35.1. The third-order valence-electron chi connectivity index (χ3n) is 7.42. The fourth-order valence-electron chi connectivity index (χ4n) is 5.72. The van der Waals surface area contributed by atoms with Gasteiger partial charge in [0.05, 0.1) is 5.56 Å². The number of carbonyl (C=O) groups excluding carboxylic acids is 2. The molecule has 0 unspecified atom stereocenters. The molecular formula is C30H29F9N4O2. The lowest BCUT2D eigenvalue weighted by atomic mass is 9.73. The highest BCUT2D eigenvalue weighted by Crippen LogP contribution is 2.56. The van der Waals surface area contributed by atoms with Crippen molar-refractivity contribution in [3.05, 3.63) is 87.5 Å². The normalized spacial score (nSPS) is 12.7. The fraction of sp³-hybridized carbons (Fsp3) is 0.333. The van der Waals surface area contributed by atoms with Crippen molar-refractivity contribution < 1.29 is 49.1 Å². The number of hydrogen-bond donors (Lipinski definition) is 4. The average Bonchev–Trinajstić information content (AvgIpc) is 2.86. The maximum atomic E-state index is 14.4. The Kier molecular flexibility index (Phi) is 9.47. The molecule has 0 atom stereocenters. The van der Waals surface area contributed by atoms with Crippen LogP contribution in [-0.4, -0.2) is 24.4 Å². The molecule has 3 rings (SSSR count). The van der Waals surface area contributed by atoms with E-state index < -0.39 is 52.7 Å². The SMILES string of the molecule is Cc1c(NC(=O)Nc2ccc(C(c3ccc(NC(N)=O)cc3)(C(F)(F)F)C(F)(F)F)cc2)c(C)c(C(F)(F)F)c(C)c1C(C)C. The van der Waals surface area contributed by atoms with Crippen molar-refractivity contribution >= 4 is 29.1 Å². The summed E-state index contributed by atoms with van der Waals surface area (Å²) in [6, 6.07) is 3.29. The lowest BCUT2D eigenvalue weighted by molar-refractivity contribution is -0.288. The summed E-state index contributed by atoms with van der Waals surface area (Å²) in [5.74, 6) is -0.346. The van der Waals surface area contributed by atoms with Gasteiger partial charge in [-0.2, -0.15) is 39.5 Å². The number of nitrogens with one attached hydrogen (secondary N) is 3. The zero-order valence-electron chi connectivity index (χ0n) is 24.5.